The topological polar surface area (TPSA) is 80.8 Å². The fraction of sp³-hybridized carbons (Fsp3) is 0.111. The van der Waals surface area contributed by atoms with Crippen molar-refractivity contribution in [2.45, 2.75) is 6.92 Å². The second kappa shape index (κ2) is 5.42. The van der Waals surface area contributed by atoms with E-state index in [9.17, 15) is 4.79 Å². The molecule has 0 aliphatic heterocycles. The average molecular weight is 318 g/mol. The maximum absolute atomic E-state index is 11.9. The highest BCUT2D eigenvalue weighted by atomic mass is 16.5. The lowest BCUT2D eigenvalue weighted by atomic mass is 10.0. The minimum atomic E-state index is -0.367. The van der Waals surface area contributed by atoms with E-state index in [1.165, 1.54) is 7.11 Å². The van der Waals surface area contributed by atoms with E-state index in [1.54, 1.807) is 18.5 Å². The molecule has 0 fully saturated rings. The standard InChI is InChI=1S/C18H14N4O2/c1-10-14(18(23)24-2)6-5-13-8-19-17(21-16(10)13)11-3-4-12-9-20-22-15(12)7-11/h3-9H,1-2H3,(H,20,22). The first-order valence-electron chi connectivity index (χ1n) is 7.45. The van der Waals surface area contributed by atoms with E-state index >= 15 is 0 Å². The second-order valence-electron chi connectivity index (χ2n) is 5.53. The first-order chi connectivity index (χ1) is 11.7. The second-order valence-corrected chi connectivity index (χ2v) is 5.53. The number of hydrogen-bond donors (Lipinski definition) is 1. The summed E-state index contributed by atoms with van der Waals surface area (Å²) in [6.45, 7) is 1.86. The van der Waals surface area contributed by atoms with Crippen LogP contribution in [-0.2, 0) is 4.74 Å². The van der Waals surface area contributed by atoms with Crippen LogP contribution >= 0.6 is 0 Å². The van der Waals surface area contributed by atoms with E-state index in [0.717, 1.165) is 32.9 Å². The Morgan fingerprint density at radius 2 is 1.96 bits per heavy atom. The molecule has 4 rings (SSSR count). The maximum Gasteiger partial charge on any atom is 0.338 e. The number of benzene rings is 2. The van der Waals surface area contributed by atoms with Gasteiger partial charge in [-0.3, -0.25) is 5.10 Å². The summed E-state index contributed by atoms with van der Waals surface area (Å²) >= 11 is 0. The Labute approximate surface area is 137 Å². The Bertz CT molecular complexity index is 1080. The summed E-state index contributed by atoms with van der Waals surface area (Å²) in [4.78, 5) is 21.0. The normalized spacial score (nSPS) is 11.1. The monoisotopic (exact) mass is 318 g/mol. The van der Waals surface area contributed by atoms with Crippen molar-refractivity contribution in [3.63, 3.8) is 0 Å². The van der Waals surface area contributed by atoms with Crippen molar-refractivity contribution in [3.8, 4) is 11.4 Å². The minimum Gasteiger partial charge on any atom is -0.465 e. The molecule has 0 amide bonds. The lowest BCUT2D eigenvalue weighted by Gasteiger charge is -2.08. The molecule has 0 saturated carbocycles. The van der Waals surface area contributed by atoms with Gasteiger partial charge in [-0.05, 0) is 24.6 Å². The van der Waals surface area contributed by atoms with E-state index in [0.29, 0.717) is 11.4 Å². The Kier molecular flexibility index (Phi) is 3.23. The van der Waals surface area contributed by atoms with E-state index in [-0.39, 0.29) is 5.97 Å². The molecule has 6 nitrogen and oxygen atoms in total. The first kappa shape index (κ1) is 14.3. The third-order valence-corrected chi connectivity index (χ3v) is 4.11. The van der Waals surface area contributed by atoms with Gasteiger partial charge in [0.25, 0.3) is 0 Å². The SMILES string of the molecule is COC(=O)c1ccc2cnc(-c3ccc4cn[nH]c4c3)nc2c1C. The highest BCUT2D eigenvalue weighted by Crippen LogP contribution is 2.25. The van der Waals surface area contributed by atoms with Crippen LogP contribution in [0.4, 0.5) is 0 Å². The molecule has 0 spiro atoms. The third kappa shape index (κ3) is 2.20. The van der Waals surface area contributed by atoms with Crippen molar-refractivity contribution >= 4 is 27.8 Å². The van der Waals surface area contributed by atoms with Crippen molar-refractivity contribution in [1.29, 1.82) is 0 Å². The lowest BCUT2D eigenvalue weighted by Crippen LogP contribution is -2.05. The number of ether oxygens (including phenoxy) is 1. The summed E-state index contributed by atoms with van der Waals surface area (Å²) in [6, 6.07) is 9.46. The van der Waals surface area contributed by atoms with Crippen molar-refractivity contribution in [2.24, 2.45) is 0 Å². The van der Waals surface area contributed by atoms with Crippen LogP contribution in [0, 0.1) is 6.92 Å². The number of aryl methyl sites for hydroxylation is 1. The number of hydrogen-bond acceptors (Lipinski definition) is 5. The zero-order valence-corrected chi connectivity index (χ0v) is 13.2. The molecule has 0 radical (unpaired) electrons. The van der Waals surface area contributed by atoms with E-state index in [2.05, 4.69) is 20.2 Å². The number of esters is 1. The molecule has 0 aliphatic rings. The van der Waals surface area contributed by atoms with Gasteiger partial charge in [-0.25, -0.2) is 14.8 Å². The van der Waals surface area contributed by atoms with Gasteiger partial charge in [0, 0.05) is 22.5 Å². The molecular formula is C18H14N4O2. The van der Waals surface area contributed by atoms with Crippen LogP contribution in [0.1, 0.15) is 15.9 Å². The van der Waals surface area contributed by atoms with Gasteiger partial charge in [0.1, 0.15) is 0 Å². The van der Waals surface area contributed by atoms with Gasteiger partial charge >= 0.3 is 5.97 Å². The molecule has 0 aliphatic carbocycles. The number of carbonyl (C=O) groups is 1. The number of rotatable bonds is 2. The molecule has 2 aromatic heterocycles. The molecule has 24 heavy (non-hydrogen) atoms. The number of H-pyrrole nitrogens is 1. The predicted molar refractivity (Wildman–Crippen MR) is 90.7 cm³/mol. The van der Waals surface area contributed by atoms with Crippen molar-refractivity contribution in [2.75, 3.05) is 7.11 Å². The van der Waals surface area contributed by atoms with Crippen molar-refractivity contribution < 1.29 is 9.53 Å². The Balaban J connectivity index is 1.90. The molecule has 4 aromatic rings. The fourth-order valence-electron chi connectivity index (χ4n) is 2.79. The maximum atomic E-state index is 11.9. The molecule has 0 bridgehead atoms. The molecule has 0 unspecified atom stereocenters. The Morgan fingerprint density at radius 3 is 2.79 bits per heavy atom. The molecule has 1 N–H and O–H groups in total. The number of fused-ring (bicyclic) bond motifs is 2. The Hall–Kier alpha value is -3.28. The van der Waals surface area contributed by atoms with Crippen LogP contribution in [-0.4, -0.2) is 33.2 Å². The van der Waals surface area contributed by atoms with Gasteiger partial charge in [-0.1, -0.05) is 18.2 Å². The highest BCUT2D eigenvalue weighted by molar-refractivity contribution is 5.97. The fourth-order valence-corrected chi connectivity index (χ4v) is 2.79. The number of methoxy groups -OCH3 is 1. The van der Waals surface area contributed by atoms with Crippen LogP contribution in [0.3, 0.4) is 0 Å². The molecule has 2 aromatic carbocycles. The largest absolute Gasteiger partial charge is 0.465 e. The summed E-state index contributed by atoms with van der Waals surface area (Å²) < 4.78 is 4.83. The zero-order chi connectivity index (χ0) is 16.7. The van der Waals surface area contributed by atoms with Gasteiger partial charge < -0.3 is 4.74 Å². The van der Waals surface area contributed by atoms with Crippen molar-refractivity contribution in [3.05, 3.63) is 53.9 Å². The molecule has 2 heterocycles. The number of nitrogens with one attached hydrogen (secondary N) is 1. The predicted octanol–water partition coefficient (Wildman–Crippen LogP) is 3.27. The number of nitrogens with zero attached hydrogens (tertiary/aromatic N) is 3. The van der Waals surface area contributed by atoms with Gasteiger partial charge in [-0.2, -0.15) is 5.10 Å². The average Bonchev–Trinajstić information content (AvgIpc) is 3.09. The van der Waals surface area contributed by atoms with Crippen LogP contribution in [0.15, 0.2) is 42.7 Å². The number of aromatic amines is 1. The number of aromatic nitrogens is 4. The quantitative estimate of drug-likeness (QED) is 0.574. The summed E-state index contributed by atoms with van der Waals surface area (Å²) in [5.41, 5.74) is 3.85. The third-order valence-electron chi connectivity index (χ3n) is 4.11. The summed E-state index contributed by atoms with van der Waals surface area (Å²) in [5, 5.41) is 8.88. The summed E-state index contributed by atoms with van der Waals surface area (Å²) in [5.74, 6) is 0.234. The van der Waals surface area contributed by atoms with Crippen LogP contribution in [0.5, 0.6) is 0 Å². The lowest BCUT2D eigenvalue weighted by molar-refractivity contribution is 0.0600. The van der Waals surface area contributed by atoms with Crippen LogP contribution in [0.25, 0.3) is 33.2 Å². The minimum absolute atomic E-state index is 0.367. The van der Waals surface area contributed by atoms with E-state index in [1.807, 2.05) is 31.2 Å². The van der Waals surface area contributed by atoms with Crippen molar-refractivity contribution in [1.82, 2.24) is 20.2 Å². The number of carbonyl (C=O) groups excluding carboxylic acids is 1. The van der Waals surface area contributed by atoms with E-state index < -0.39 is 0 Å². The summed E-state index contributed by atoms with van der Waals surface area (Å²) in [6.07, 6.45) is 3.54. The zero-order valence-electron chi connectivity index (χ0n) is 13.2. The van der Waals surface area contributed by atoms with Gasteiger partial charge in [0.2, 0.25) is 0 Å². The van der Waals surface area contributed by atoms with Gasteiger partial charge in [0.15, 0.2) is 5.82 Å². The van der Waals surface area contributed by atoms with Gasteiger partial charge in [0.05, 0.1) is 29.9 Å². The van der Waals surface area contributed by atoms with Crippen LogP contribution < -0.4 is 0 Å². The van der Waals surface area contributed by atoms with E-state index in [4.69, 9.17) is 4.74 Å². The Morgan fingerprint density at radius 1 is 1.12 bits per heavy atom. The molecule has 0 atom stereocenters. The molecular weight excluding hydrogens is 304 g/mol. The molecule has 118 valence electrons. The van der Waals surface area contributed by atoms with Gasteiger partial charge in [-0.15, -0.1) is 0 Å². The smallest absolute Gasteiger partial charge is 0.338 e. The highest BCUT2D eigenvalue weighted by Gasteiger charge is 2.14. The molecule has 0 saturated heterocycles. The first-order valence-corrected chi connectivity index (χ1v) is 7.45. The summed E-state index contributed by atoms with van der Waals surface area (Å²) in [7, 11) is 1.37. The molecule has 6 heteroatoms. The van der Waals surface area contributed by atoms with Crippen LogP contribution in [0.2, 0.25) is 0 Å².